The highest BCUT2D eigenvalue weighted by molar-refractivity contribution is 6.83. The van der Waals surface area contributed by atoms with Crippen LogP contribution < -0.4 is 0 Å². The predicted octanol–water partition coefficient (Wildman–Crippen LogP) is 4.14. The van der Waals surface area contributed by atoms with E-state index in [2.05, 4.69) is 31.1 Å². The zero-order valence-electron chi connectivity index (χ0n) is 36.9. The second kappa shape index (κ2) is 23.4. The zero-order chi connectivity index (χ0) is 45.1. The van der Waals surface area contributed by atoms with Gasteiger partial charge in [0.15, 0.2) is 24.8 Å². The van der Waals surface area contributed by atoms with Gasteiger partial charge in [-0.15, -0.1) is 11.5 Å². The zero-order valence-corrected chi connectivity index (χ0v) is 37.9. The standard InChI is InChI=1S/C46H70O15Si/c1-6-29-24-31(32(48)21-15-7-8-16-22-62(3,4)5)25-33(40(29)61-45-39(52)38(51)36(49)27(2)56-45)58-46-42(60-44(55)30-19-13-10-14-20-30)41(37(50)35(26-47)59-46)57-34(43(53)54)23-28-17-11-9-12-18-28/h10,13-14,19-20,27-29,31,33-42,45-47,49-52H,6-9,11-12,15,17-18,21,23-26H2,1-5H3,(H,53,54)/t27?,29?,31?,33?,34?,35?,36?,37?,38?,39?,40-,41?,42?,45?,46?/m0/s1. The highest BCUT2D eigenvalue weighted by atomic mass is 28.3. The van der Waals surface area contributed by atoms with Crippen LogP contribution in [-0.2, 0) is 38.0 Å². The quantitative estimate of drug-likeness (QED) is 0.0527. The van der Waals surface area contributed by atoms with E-state index in [4.69, 9.17) is 28.4 Å². The average Bonchev–Trinajstić information content (AvgIpc) is 3.25. The van der Waals surface area contributed by atoms with E-state index in [-0.39, 0.29) is 36.0 Å². The Bertz CT molecular complexity index is 1640. The molecule has 15 atom stereocenters. The maximum atomic E-state index is 14.0. The summed E-state index contributed by atoms with van der Waals surface area (Å²) in [6.45, 7) is 9.26. The van der Waals surface area contributed by atoms with Crippen LogP contribution in [-0.4, -0.2) is 143 Å². The number of carbonyl (C=O) groups is 3. The summed E-state index contributed by atoms with van der Waals surface area (Å²) in [6, 6.07) is 8.06. The molecule has 348 valence electrons. The number of hydrogen-bond acceptors (Lipinski definition) is 14. The van der Waals surface area contributed by atoms with Gasteiger partial charge in [-0.1, -0.05) is 83.3 Å². The highest BCUT2D eigenvalue weighted by Crippen LogP contribution is 2.41. The van der Waals surface area contributed by atoms with E-state index in [1.807, 2.05) is 6.92 Å². The molecule has 4 aliphatic rings. The fraction of sp³-hybridized carbons (Fsp3) is 0.761. The summed E-state index contributed by atoms with van der Waals surface area (Å²) in [7, 11) is -1.52. The van der Waals surface area contributed by atoms with E-state index in [0.29, 0.717) is 32.1 Å². The van der Waals surface area contributed by atoms with Gasteiger partial charge in [-0.2, -0.15) is 0 Å². The minimum Gasteiger partial charge on any atom is -0.479 e. The SMILES string of the molecule is CCC1CC(C(=O)CCCCC#C[Si](C)(C)C)CC(OC2OC(CO)C(O)C(OC(CC3CCCCC3)C(=O)O)C2OC(=O)c2ccccc2)[C@H]1OC1OC(C)C(O)C(O)C1O. The first-order chi connectivity index (χ1) is 29.5. The molecule has 16 heteroatoms. The van der Waals surface area contributed by atoms with E-state index in [9.17, 15) is 45.0 Å². The molecule has 15 nitrogen and oxygen atoms in total. The average molecular weight is 891 g/mol. The van der Waals surface area contributed by atoms with Crippen molar-refractivity contribution >= 4 is 25.8 Å². The number of carboxylic acids is 1. The van der Waals surface area contributed by atoms with Crippen molar-refractivity contribution in [3.63, 3.8) is 0 Å². The second-order valence-electron chi connectivity index (χ2n) is 18.6. The van der Waals surface area contributed by atoms with Crippen LogP contribution in [0, 0.1) is 29.2 Å². The van der Waals surface area contributed by atoms with Crippen molar-refractivity contribution in [1.82, 2.24) is 0 Å². The fourth-order valence-electron chi connectivity index (χ4n) is 9.13. The van der Waals surface area contributed by atoms with Crippen LogP contribution in [0.25, 0.3) is 0 Å². The number of carboxylic acid groups (broad SMARTS) is 1. The van der Waals surface area contributed by atoms with Gasteiger partial charge in [-0.05, 0) is 63.0 Å². The molecule has 0 bridgehead atoms. The van der Waals surface area contributed by atoms with Gasteiger partial charge in [0.1, 0.15) is 50.5 Å². The number of carbonyl (C=O) groups excluding carboxylic acids is 2. The van der Waals surface area contributed by atoms with Gasteiger partial charge < -0.3 is 59.1 Å². The Morgan fingerprint density at radius 2 is 1.56 bits per heavy atom. The number of unbranched alkanes of at least 4 members (excludes halogenated alkanes) is 2. The first kappa shape index (κ1) is 50.2. The minimum absolute atomic E-state index is 0.0169. The van der Waals surface area contributed by atoms with Crippen LogP contribution in [0.4, 0.5) is 0 Å². The van der Waals surface area contributed by atoms with Crippen molar-refractivity contribution < 1.29 is 73.4 Å². The molecular formula is C46H70O15Si. The second-order valence-corrected chi connectivity index (χ2v) is 23.4. The molecule has 14 unspecified atom stereocenters. The molecule has 1 aromatic rings. The number of aliphatic carboxylic acids is 1. The lowest BCUT2D eigenvalue weighted by molar-refractivity contribution is -0.349. The van der Waals surface area contributed by atoms with Gasteiger partial charge in [0.25, 0.3) is 0 Å². The summed E-state index contributed by atoms with van der Waals surface area (Å²) in [6.07, 6.45) is -9.85. The monoisotopic (exact) mass is 890 g/mol. The van der Waals surface area contributed by atoms with Gasteiger partial charge in [0, 0.05) is 18.8 Å². The number of hydrogen-bond donors (Lipinski definition) is 6. The first-order valence-electron chi connectivity index (χ1n) is 22.6. The molecule has 62 heavy (non-hydrogen) atoms. The van der Waals surface area contributed by atoms with Gasteiger partial charge in [0.05, 0.1) is 30.5 Å². The Balaban J connectivity index is 1.47. The molecule has 0 spiro atoms. The van der Waals surface area contributed by atoms with E-state index in [0.717, 1.165) is 38.5 Å². The maximum Gasteiger partial charge on any atom is 0.338 e. The van der Waals surface area contributed by atoms with Crippen LogP contribution in [0.2, 0.25) is 19.6 Å². The van der Waals surface area contributed by atoms with Crippen molar-refractivity contribution in [2.75, 3.05) is 6.61 Å². The Hall–Kier alpha value is -2.79. The lowest BCUT2D eigenvalue weighted by Crippen LogP contribution is -2.64. The highest BCUT2D eigenvalue weighted by Gasteiger charge is 2.54. The number of aliphatic hydroxyl groups excluding tert-OH is 5. The minimum atomic E-state index is -1.66. The summed E-state index contributed by atoms with van der Waals surface area (Å²) in [5.74, 6) is 0.367. The molecular weight excluding hydrogens is 821 g/mol. The number of aliphatic hydroxyl groups is 5. The van der Waals surface area contributed by atoms with Gasteiger partial charge in [-0.3, -0.25) is 4.79 Å². The van der Waals surface area contributed by atoms with Gasteiger partial charge in [-0.25, -0.2) is 9.59 Å². The molecule has 0 aromatic heterocycles. The van der Waals surface area contributed by atoms with Crippen LogP contribution in [0.5, 0.6) is 0 Å². The number of ketones is 1. The summed E-state index contributed by atoms with van der Waals surface area (Å²) in [4.78, 5) is 40.5. The third kappa shape index (κ3) is 13.6. The number of ether oxygens (including phenoxy) is 6. The smallest absolute Gasteiger partial charge is 0.338 e. The summed E-state index contributed by atoms with van der Waals surface area (Å²) < 4.78 is 37.6. The van der Waals surface area contributed by atoms with Crippen LogP contribution in [0.1, 0.15) is 108 Å². The largest absolute Gasteiger partial charge is 0.479 e. The van der Waals surface area contributed by atoms with Crippen molar-refractivity contribution in [2.24, 2.45) is 17.8 Å². The third-order valence-electron chi connectivity index (χ3n) is 12.7. The lowest BCUT2D eigenvalue weighted by atomic mass is 9.74. The Morgan fingerprint density at radius 1 is 0.855 bits per heavy atom. The van der Waals surface area contributed by atoms with Crippen molar-refractivity contribution in [3.05, 3.63) is 35.9 Å². The number of benzene rings is 1. The van der Waals surface area contributed by atoms with Gasteiger partial charge >= 0.3 is 11.9 Å². The van der Waals surface area contributed by atoms with E-state index >= 15 is 0 Å². The molecule has 4 fully saturated rings. The molecule has 2 saturated carbocycles. The predicted molar refractivity (Wildman–Crippen MR) is 228 cm³/mol. The Kier molecular flexibility index (Phi) is 19.0. The van der Waals surface area contributed by atoms with E-state index in [1.54, 1.807) is 18.2 Å². The summed E-state index contributed by atoms with van der Waals surface area (Å²) in [5, 5.41) is 64.7. The molecule has 5 rings (SSSR count). The number of Topliss-reactive ketones (excluding diaryl/α,β-unsaturated/α-hetero) is 1. The van der Waals surface area contributed by atoms with E-state index < -0.39 is 112 Å². The van der Waals surface area contributed by atoms with Crippen LogP contribution in [0.3, 0.4) is 0 Å². The molecule has 2 heterocycles. The van der Waals surface area contributed by atoms with Crippen molar-refractivity contribution in [1.29, 1.82) is 0 Å². The lowest BCUT2D eigenvalue weighted by Gasteiger charge is -2.49. The fourth-order valence-corrected chi connectivity index (χ4v) is 9.79. The molecule has 6 N–H and O–H groups in total. The summed E-state index contributed by atoms with van der Waals surface area (Å²) >= 11 is 0. The molecule has 0 amide bonds. The number of esters is 1. The summed E-state index contributed by atoms with van der Waals surface area (Å²) in [5.41, 5.74) is 3.51. The third-order valence-corrected chi connectivity index (χ3v) is 13.6. The van der Waals surface area contributed by atoms with Crippen molar-refractivity contribution in [3.8, 4) is 11.5 Å². The van der Waals surface area contributed by atoms with Crippen molar-refractivity contribution in [2.45, 2.75) is 197 Å². The van der Waals surface area contributed by atoms with Gasteiger partial charge in [0.2, 0.25) is 0 Å². The molecule has 2 saturated heterocycles. The Morgan fingerprint density at radius 3 is 2.21 bits per heavy atom. The number of rotatable bonds is 18. The van der Waals surface area contributed by atoms with Crippen LogP contribution in [0.15, 0.2) is 30.3 Å². The molecule has 1 aromatic carbocycles. The Labute approximate surface area is 366 Å². The maximum absolute atomic E-state index is 14.0. The molecule has 2 aliphatic carbocycles. The van der Waals surface area contributed by atoms with E-state index in [1.165, 1.54) is 19.1 Å². The van der Waals surface area contributed by atoms with Crippen LogP contribution >= 0.6 is 0 Å². The molecule has 0 radical (unpaired) electrons. The molecule has 2 aliphatic heterocycles. The topological polar surface area (TPSA) is 228 Å². The normalized spacial score (nSPS) is 35.0. The first-order valence-corrected chi connectivity index (χ1v) is 26.1.